The summed E-state index contributed by atoms with van der Waals surface area (Å²) in [6.45, 7) is 6.16. The molecule has 0 aromatic heterocycles. The smallest absolute Gasteiger partial charge is 0.00964 e. The average Bonchev–Trinajstić information content (AvgIpc) is 3.01. The fourth-order valence-electron chi connectivity index (χ4n) is 2.92. The Morgan fingerprint density at radius 2 is 1.81 bits per heavy atom. The van der Waals surface area contributed by atoms with Crippen LogP contribution >= 0.6 is 0 Å². The maximum absolute atomic E-state index is 3.71. The highest BCUT2D eigenvalue weighted by Crippen LogP contribution is 2.26. The van der Waals surface area contributed by atoms with Crippen LogP contribution in [0.2, 0.25) is 0 Å². The van der Waals surface area contributed by atoms with E-state index in [0.29, 0.717) is 0 Å². The third-order valence-electron chi connectivity index (χ3n) is 3.98. The van der Waals surface area contributed by atoms with E-state index < -0.39 is 0 Å². The van der Waals surface area contributed by atoms with Crippen molar-refractivity contribution in [2.24, 2.45) is 0 Å². The molecule has 0 aliphatic heterocycles. The summed E-state index contributed by atoms with van der Waals surface area (Å²) in [4.78, 5) is 2.70. The van der Waals surface area contributed by atoms with E-state index in [2.05, 4.69) is 17.1 Å². The molecular formula is C14H28N2. The van der Waals surface area contributed by atoms with Crippen molar-refractivity contribution in [3.05, 3.63) is 0 Å². The number of rotatable bonds is 8. The Labute approximate surface area is 101 Å². The third-order valence-corrected chi connectivity index (χ3v) is 3.98. The number of hydrogen-bond donors (Lipinski definition) is 1. The van der Waals surface area contributed by atoms with Gasteiger partial charge in [0.05, 0.1) is 0 Å². The van der Waals surface area contributed by atoms with Gasteiger partial charge in [0, 0.05) is 12.1 Å². The van der Waals surface area contributed by atoms with E-state index in [1.807, 2.05) is 0 Å². The summed E-state index contributed by atoms with van der Waals surface area (Å²) in [5.74, 6) is 0. The van der Waals surface area contributed by atoms with Crippen LogP contribution in [0.4, 0.5) is 0 Å². The van der Waals surface area contributed by atoms with Crippen LogP contribution in [0.15, 0.2) is 0 Å². The lowest BCUT2D eigenvalue weighted by molar-refractivity contribution is 0.258. The molecule has 1 N–H and O–H groups in total. The maximum Gasteiger partial charge on any atom is 0.00964 e. The van der Waals surface area contributed by atoms with Gasteiger partial charge in [-0.2, -0.15) is 0 Å². The zero-order valence-electron chi connectivity index (χ0n) is 10.9. The molecular weight excluding hydrogens is 196 g/mol. The Morgan fingerprint density at radius 1 is 1.06 bits per heavy atom. The summed E-state index contributed by atoms with van der Waals surface area (Å²) < 4.78 is 0. The SMILES string of the molecule is CCCN(CCCNC1CCCC1)C1CC1. The molecule has 0 saturated heterocycles. The van der Waals surface area contributed by atoms with Gasteiger partial charge in [-0.3, -0.25) is 0 Å². The molecule has 0 heterocycles. The van der Waals surface area contributed by atoms with E-state index in [4.69, 9.17) is 0 Å². The van der Waals surface area contributed by atoms with E-state index in [0.717, 1.165) is 12.1 Å². The van der Waals surface area contributed by atoms with Crippen molar-refractivity contribution < 1.29 is 0 Å². The van der Waals surface area contributed by atoms with Gasteiger partial charge < -0.3 is 10.2 Å². The highest BCUT2D eigenvalue weighted by molar-refractivity contribution is 4.84. The second-order valence-electron chi connectivity index (χ2n) is 5.56. The molecule has 16 heavy (non-hydrogen) atoms. The Balaban J connectivity index is 1.51. The molecule has 2 heteroatoms. The predicted octanol–water partition coefficient (Wildman–Crippen LogP) is 2.78. The highest BCUT2D eigenvalue weighted by atomic mass is 15.2. The van der Waals surface area contributed by atoms with Crippen molar-refractivity contribution in [3.8, 4) is 0 Å². The van der Waals surface area contributed by atoms with Crippen molar-refractivity contribution in [3.63, 3.8) is 0 Å². The first-order valence-corrected chi connectivity index (χ1v) is 7.37. The molecule has 0 bridgehead atoms. The second-order valence-corrected chi connectivity index (χ2v) is 5.56. The van der Waals surface area contributed by atoms with Crippen LogP contribution in [0.1, 0.15) is 58.3 Å². The van der Waals surface area contributed by atoms with Gasteiger partial charge >= 0.3 is 0 Å². The van der Waals surface area contributed by atoms with Gasteiger partial charge in [0.25, 0.3) is 0 Å². The Morgan fingerprint density at radius 3 is 2.44 bits per heavy atom. The van der Waals surface area contributed by atoms with Gasteiger partial charge in [0.1, 0.15) is 0 Å². The Hall–Kier alpha value is -0.0800. The van der Waals surface area contributed by atoms with Crippen molar-refractivity contribution in [2.45, 2.75) is 70.4 Å². The van der Waals surface area contributed by atoms with E-state index in [1.54, 1.807) is 0 Å². The molecule has 0 unspecified atom stereocenters. The zero-order valence-corrected chi connectivity index (χ0v) is 10.9. The Bertz CT molecular complexity index is 183. The van der Waals surface area contributed by atoms with Gasteiger partial charge in [-0.25, -0.2) is 0 Å². The van der Waals surface area contributed by atoms with Crippen LogP contribution in [0.3, 0.4) is 0 Å². The minimum absolute atomic E-state index is 0.848. The summed E-state index contributed by atoms with van der Waals surface area (Å²) in [6, 6.07) is 1.80. The molecule has 2 aliphatic rings. The van der Waals surface area contributed by atoms with E-state index in [-0.39, 0.29) is 0 Å². The molecule has 2 saturated carbocycles. The topological polar surface area (TPSA) is 15.3 Å². The minimum atomic E-state index is 0.848. The first-order valence-electron chi connectivity index (χ1n) is 7.37. The lowest BCUT2D eigenvalue weighted by atomic mass is 10.2. The van der Waals surface area contributed by atoms with Crippen molar-refractivity contribution in [2.75, 3.05) is 19.6 Å². The summed E-state index contributed by atoms with van der Waals surface area (Å²) in [7, 11) is 0. The van der Waals surface area contributed by atoms with Crippen molar-refractivity contribution in [1.82, 2.24) is 10.2 Å². The molecule has 0 aromatic rings. The lowest BCUT2D eigenvalue weighted by Gasteiger charge is -2.21. The first-order chi connectivity index (χ1) is 7.90. The van der Waals surface area contributed by atoms with Crippen LogP contribution in [0.5, 0.6) is 0 Å². The summed E-state index contributed by atoms with van der Waals surface area (Å²) >= 11 is 0. The summed E-state index contributed by atoms with van der Waals surface area (Å²) in [5.41, 5.74) is 0. The number of nitrogens with one attached hydrogen (secondary N) is 1. The monoisotopic (exact) mass is 224 g/mol. The highest BCUT2D eigenvalue weighted by Gasteiger charge is 2.27. The summed E-state index contributed by atoms with van der Waals surface area (Å²) in [6.07, 6.45) is 11.3. The number of nitrogens with zero attached hydrogens (tertiary/aromatic N) is 1. The van der Waals surface area contributed by atoms with Crippen LogP contribution in [-0.4, -0.2) is 36.6 Å². The lowest BCUT2D eigenvalue weighted by Crippen LogP contribution is -2.32. The molecule has 0 aromatic carbocycles. The molecule has 0 spiro atoms. The van der Waals surface area contributed by atoms with E-state index in [1.165, 1.54) is 71.0 Å². The minimum Gasteiger partial charge on any atom is -0.314 e. The van der Waals surface area contributed by atoms with Gasteiger partial charge in [-0.1, -0.05) is 19.8 Å². The van der Waals surface area contributed by atoms with E-state index >= 15 is 0 Å². The molecule has 0 atom stereocenters. The third kappa shape index (κ3) is 4.06. The fraction of sp³-hybridized carbons (Fsp3) is 1.00. The number of hydrogen-bond acceptors (Lipinski definition) is 2. The molecule has 0 radical (unpaired) electrons. The normalized spacial score (nSPS) is 22.1. The van der Waals surface area contributed by atoms with Crippen molar-refractivity contribution in [1.29, 1.82) is 0 Å². The largest absolute Gasteiger partial charge is 0.314 e. The van der Waals surface area contributed by atoms with Crippen LogP contribution < -0.4 is 5.32 Å². The fourth-order valence-corrected chi connectivity index (χ4v) is 2.92. The van der Waals surface area contributed by atoms with Crippen LogP contribution in [-0.2, 0) is 0 Å². The quantitative estimate of drug-likeness (QED) is 0.638. The standard InChI is InChI=1S/C14H28N2/c1-2-11-16(14-8-9-14)12-5-10-15-13-6-3-4-7-13/h13-15H,2-12H2,1H3. The van der Waals surface area contributed by atoms with Crippen molar-refractivity contribution >= 4 is 0 Å². The summed E-state index contributed by atoms with van der Waals surface area (Å²) in [5, 5.41) is 3.71. The zero-order chi connectivity index (χ0) is 11.2. The van der Waals surface area contributed by atoms with Gasteiger partial charge in [0.15, 0.2) is 0 Å². The van der Waals surface area contributed by atoms with Gasteiger partial charge in [-0.05, 0) is 58.2 Å². The van der Waals surface area contributed by atoms with Crippen LogP contribution in [0, 0.1) is 0 Å². The predicted molar refractivity (Wildman–Crippen MR) is 69.8 cm³/mol. The molecule has 2 rings (SSSR count). The molecule has 94 valence electrons. The van der Waals surface area contributed by atoms with Gasteiger partial charge in [0.2, 0.25) is 0 Å². The van der Waals surface area contributed by atoms with Crippen LogP contribution in [0.25, 0.3) is 0 Å². The molecule has 2 nitrogen and oxygen atoms in total. The first kappa shape index (κ1) is 12.4. The maximum atomic E-state index is 3.71. The molecule has 2 fully saturated rings. The Kier molecular flexibility index (Phi) is 5.11. The second kappa shape index (κ2) is 6.61. The molecule has 2 aliphatic carbocycles. The average molecular weight is 224 g/mol. The van der Waals surface area contributed by atoms with E-state index in [9.17, 15) is 0 Å². The van der Waals surface area contributed by atoms with Gasteiger partial charge in [-0.15, -0.1) is 0 Å². The molecule has 0 amide bonds.